The zero-order valence-electron chi connectivity index (χ0n) is 15.5. The predicted octanol–water partition coefficient (Wildman–Crippen LogP) is 3.73. The summed E-state index contributed by atoms with van der Waals surface area (Å²) >= 11 is 1.29. The second-order valence-electron chi connectivity index (χ2n) is 6.78. The first-order chi connectivity index (χ1) is 13.6. The molecule has 0 aliphatic heterocycles. The van der Waals surface area contributed by atoms with Crippen LogP contribution in [0.3, 0.4) is 0 Å². The molecule has 0 spiro atoms. The van der Waals surface area contributed by atoms with E-state index in [1.54, 1.807) is 14.2 Å². The van der Waals surface area contributed by atoms with Crippen LogP contribution in [-0.4, -0.2) is 34.9 Å². The number of hydrogen-bond acceptors (Lipinski definition) is 6. The van der Waals surface area contributed by atoms with E-state index in [2.05, 4.69) is 9.59 Å². The average Bonchev–Trinajstić information content (AvgIpc) is 3.21. The van der Waals surface area contributed by atoms with Crippen molar-refractivity contribution in [2.75, 3.05) is 14.2 Å². The first kappa shape index (κ1) is 18.4. The number of hydrogen-bond donors (Lipinski definition) is 1. The first-order valence-electron chi connectivity index (χ1n) is 8.94. The van der Waals surface area contributed by atoms with Crippen LogP contribution in [0.5, 0.6) is 11.5 Å². The molecule has 28 heavy (non-hydrogen) atoms. The third-order valence-corrected chi connectivity index (χ3v) is 6.23. The average molecular weight is 396 g/mol. The van der Waals surface area contributed by atoms with Crippen LogP contribution in [0.15, 0.2) is 48.5 Å². The Morgan fingerprint density at radius 2 is 1.57 bits per heavy atom. The highest BCUT2D eigenvalue weighted by atomic mass is 32.1. The van der Waals surface area contributed by atoms with E-state index < -0.39 is 11.9 Å². The summed E-state index contributed by atoms with van der Waals surface area (Å²) < 4.78 is 14.6. The molecular formula is C21H20N2O4S. The van der Waals surface area contributed by atoms with E-state index in [1.165, 1.54) is 11.5 Å². The van der Waals surface area contributed by atoms with E-state index in [4.69, 9.17) is 9.47 Å². The van der Waals surface area contributed by atoms with Crippen molar-refractivity contribution in [1.82, 2.24) is 9.59 Å². The van der Waals surface area contributed by atoms with Gasteiger partial charge in [0.05, 0.1) is 30.7 Å². The van der Waals surface area contributed by atoms with Gasteiger partial charge in [0, 0.05) is 18.3 Å². The number of nitrogens with zero attached hydrogens (tertiary/aromatic N) is 2. The molecule has 3 unspecified atom stereocenters. The molecule has 1 aliphatic rings. The van der Waals surface area contributed by atoms with Crippen molar-refractivity contribution in [1.29, 1.82) is 0 Å². The molecule has 0 saturated carbocycles. The summed E-state index contributed by atoms with van der Waals surface area (Å²) in [5.41, 5.74) is 2.77. The van der Waals surface area contributed by atoms with Gasteiger partial charge in [0.15, 0.2) is 0 Å². The Morgan fingerprint density at radius 3 is 2.11 bits per heavy atom. The molecule has 6 nitrogen and oxygen atoms in total. The lowest BCUT2D eigenvalue weighted by atomic mass is 9.68. The number of ether oxygens (including phenoxy) is 2. The van der Waals surface area contributed by atoms with Gasteiger partial charge in [-0.3, -0.25) is 4.79 Å². The fraction of sp³-hybridized carbons (Fsp3) is 0.286. The Balaban J connectivity index is 1.81. The molecule has 0 radical (unpaired) electrons. The van der Waals surface area contributed by atoms with E-state index >= 15 is 0 Å². The van der Waals surface area contributed by atoms with Crippen molar-refractivity contribution in [2.45, 2.75) is 18.3 Å². The molecule has 2 aromatic carbocycles. The summed E-state index contributed by atoms with van der Waals surface area (Å²) in [6.07, 6.45) is 0.557. The Kier molecular flexibility index (Phi) is 5.00. The smallest absolute Gasteiger partial charge is 0.308 e. The van der Waals surface area contributed by atoms with Gasteiger partial charge in [-0.25, -0.2) is 0 Å². The van der Waals surface area contributed by atoms with E-state index in [0.29, 0.717) is 6.42 Å². The Morgan fingerprint density at radius 1 is 1.00 bits per heavy atom. The van der Waals surface area contributed by atoms with Crippen LogP contribution in [0.25, 0.3) is 0 Å². The predicted molar refractivity (Wildman–Crippen MR) is 105 cm³/mol. The van der Waals surface area contributed by atoms with Crippen LogP contribution in [-0.2, 0) is 11.2 Å². The Labute approximate surface area is 166 Å². The van der Waals surface area contributed by atoms with Gasteiger partial charge in [-0.15, -0.1) is 5.10 Å². The molecule has 144 valence electrons. The maximum Gasteiger partial charge on any atom is 0.308 e. The highest BCUT2D eigenvalue weighted by molar-refractivity contribution is 7.05. The third kappa shape index (κ3) is 3.22. The molecule has 1 aromatic heterocycles. The van der Waals surface area contributed by atoms with Gasteiger partial charge in [0.25, 0.3) is 0 Å². The minimum atomic E-state index is -0.819. The minimum Gasteiger partial charge on any atom is -0.497 e. The number of benzene rings is 2. The number of carboxylic acids is 1. The monoisotopic (exact) mass is 396 g/mol. The van der Waals surface area contributed by atoms with Crippen molar-refractivity contribution in [3.8, 4) is 11.5 Å². The molecule has 1 N–H and O–H groups in total. The molecule has 0 saturated heterocycles. The molecule has 3 atom stereocenters. The first-order valence-corrected chi connectivity index (χ1v) is 9.71. The molecular weight excluding hydrogens is 376 g/mol. The molecule has 0 bridgehead atoms. The maximum absolute atomic E-state index is 12.4. The molecule has 0 fully saturated rings. The van der Waals surface area contributed by atoms with Crippen LogP contribution in [0, 0.1) is 5.92 Å². The number of aliphatic carboxylic acids is 1. The topological polar surface area (TPSA) is 81.5 Å². The quantitative estimate of drug-likeness (QED) is 0.708. The van der Waals surface area contributed by atoms with Crippen molar-refractivity contribution >= 4 is 17.5 Å². The standard InChI is InChI=1S/C21H20N2O4S/c1-26-14-7-3-12(4-8-14)16-11-17-20(28-23-22-17)18(19(16)21(24)25)13-5-9-15(27-2)10-6-13/h3-10,16,18-19H,11H2,1-2H3,(H,24,25). The maximum atomic E-state index is 12.4. The van der Waals surface area contributed by atoms with Gasteiger partial charge in [-0.2, -0.15) is 0 Å². The van der Waals surface area contributed by atoms with Crippen molar-refractivity contribution < 1.29 is 19.4 Å². The summed E-state index contributed by atoms with van der Waals surface area (Å²) in [5.74, 6) is -0.460. The lowest BCUT2D eigenvalue weighted by Gasteiger charge is -2.35. The Hall–Kier alpha value is -2.93. The fourth-order valence-electron chi connectivity index (χ4n) is 3.98. The SMILES string of the molecule is COc1ccc(C2Cc3nnsc3C(c3ccc(OC)cc3)C2C(=O)O)cc1. The molecule has 3 aromatic rings. The zero-order chi connectivity index (χ0) is 19.7. The molecule has 7 heteroatoms. The van der Waals surface area contributed by atoms with Crippen LogP contribution < -0.4 is 9.47 Å². The Bertz CT molecular complexity index is 969. The number of carboxylic acid groups (broad SMARTS) is 1. The lowest BCUT2D eigenvalue weighted by Crippen LogP contribution is -2.34. The van der Waals surface area contributed by atoms with Crippen molar-refractivity contribution in [2.24, 2.45) is 5.92 Å². The molecule has 1 heterocycles. The van der Waals surface area contributed by atoms with Gasteiger partial charge in [-0.05, 0) is 46.9 Å². The van der Waals surface area contributed by atoms with E-state index in [0.717, 1.165) is 33.2 Å². The van der Waals surface area contributed by atoms with Gasteiger partial charge >= 0.3 is 5.97 Å². The molecule has 1 aliphatic carbocycles. The molecule has 4 rings (SSSR count). The highest BCUT2D eigenvalue weighted by Gasteiger charge is 2.44. The van der Waals surface area contributed by atoms with Crippen LogP contribution in [0.1, 0.15) is 33.5 Å². The largest absolute Gasteiger partial charge is 0.497 e. The fourth-order valence-corrected chi connectivity index (χ4v) is 4.84. The van der Waals surface area contributed by atoms with Crippen molar-refractivity contribution in [3.05, 3.63) is 70.2 Å². The number of fused-ring (bicyclic) bond motifs is 1. The minimum absolute atomic E-state index is 0.202. The highest BCUT2D eigenvalue weighted by Crippen LogP contribution is 2.48. The summed E-state index contributed by atoms with van der Waals surface area (Å²) in [7, 11) is 3.23. The van der Waals surface area contributed by atoms with Gasteiger partial charge in [-0.1, -0.05) is 28.8 Å². The second kappa shape index (κ2) is 7.59. The third-order valence-electron chi connectivity index (χ3n) is 5.38. The van der Waals surface area contributed by atoms with Gasteiger partial charge in [0.1, 0.15) is 11.5 Å². The van der Waals surface area contributed by atoms with Crippen molar-refractivity contribution in [3.63, 3.8) is 0 Å². The summed E-state index contributed by atoms with van der Waals surface area (Å²) in [6.45, 7) is 0. The summed E-state index contributed by atoms with van der Waals surface area (Å²) in [6, 6.07) is 15.2. The normalized spacial score (nSPS) is 21.0. The number of rotatable bonds is 5. The summed E-state index contributed by atoms with van der Waals surface area (Å²) in [5, 5.41) is 14.5. The van der Waals surface area contributed by atoms with E-state index in [1.807, 2.05) is 48.5 Å². The molecule has 0 amide bonds. The van der Waals surface area contributed by atoms with Crippen LogP contribution in [0.2, 0.25) is 0 Å². The summed E-state index contributed by atoms with van der Waals surface area (Å²) in [4.78, 5) is 13.3. The van der Waals surface area contributed by atoms with Crippen LogP contribution >= 0.6 is 11.5 Å². The number of carbonyl (C=O) groups is 1. The van der Waals surface area contributed by atoms with Gasteiger partial charge < -0.3 is 14.6 Å². The van der Waals surface area contributed by atoms with Gasteiger partial charge in [0.2, 0.25) is 0 Å². The van der Waals surface area contributed by atoms with Crippen LogP contribution in [0.4, 0.5) is 0 Å². The lowest BCUT2D eigenvalue weighted by molar-refractivity contribution is -0.143. The van der Waals surface area contributed by atoms with E-state index in [9.17, 15) is 9.90 Å². The number of aromatic nitrogens is 2. The second-order valence-corrected chi connectivity index (χ2v) is 7.57. The van der Waals surface area contributed by atoms with E-state index in [-0.39, 0.29) is 11.8 Å². The zero-order valence-corrected chi connectivity index (χ0v) is 16.3. The number of methoxy groups -OCH3 is 2.